The summed E-state index contributed by atoms with van der Waals surface area (Å²) in [6, 6.07) is 7.56. The Morgan fingerprint density at radius 3 is 2.40 bits per heavy atom. The second-order valence-corrected chi connectivity index (χ2v) is 4.22. The Morgan fingerprint density at radius 1 is 1.27 bits per heavy atom. The van der Waals surface area contributed by atoms with Crippen LogP contribution in [-0.4, -0.2) is 30.3 Å². The molecule has 1 aromatic rings. The summed E-state index contributed by atoms with van der Waals surface area (Å²) in [5, 5.41) is 0. The molecule has 1 aromatic carbocycles. The number of carbonyl (C=O) groups excluding carboxylic acids is 1. The molecule has 0 saturated heterocycles. The molecule has 2 nitrogen and oxygen atoms in total. The molecular weight excluding hydrogens is 254 g/mol. The molecule has 0 heterocycles. The van der Waals surface area contributed by atoms with Crippen molar-refractivity contribution in [2.24, 2.45) is 0 Å². The summed E-state index contributed by atoms with van der Waals surface area (Å²) in [6.07, 6.45) is 0. The lowest BCUT2D eigenvalue weighted by atomic mass is 10.1. The molecule has 0 N–H and O–H groups in total. The minimum Gasteiger partial charge on any atom is -0.296 e. The molecule has 0 aliphatic heterocycles. The van der Waals surface area contributed by atoms with Crippen LogP contribution in [-0.2, 0) is 0 Å². The third-order valence-corrected chi connectivity index (χ3v) is 3.13. The lowest BCUT2D eigenvalue weighted by Crippen LogP contribution is -2.29. The normalized spacial score (nSPS) is 10.7. The molecule has 0 fully saturated rings. The van der Waals surface area contributed by atoms with E-state index in [0.29, 0.717) is 6.54 Å². The molecule has 1 rings (SSSR count). The summed E-state index contributed by atoms with van der Waals surface area (Å²) in [6.45, 7) is 6.45. The quantitative estimate of drug-likeness (QED) is 0.767. The summed E-state index contributed by atoms with van der Waals surface area (Å²) >= 11 is 3.39. The van der Waals surface area contributed by atoms with Crippen molar-refractivity contribution < 1.29 is 4.79 Å². The van der Waals surface area contributed by atoms with Crippen LogP contribution in [0.1, 0.15) is 24.2 Å². The van der Waals surface area contributed by atoms with Crippen LogP contribution < -0.4 is 0 Å². The van der Waals surface area contributed by atoms with E-state index < -0.39 is 0 Å². The SMILES string of the molecule is CCN(CC)CC(=O)c1ccccc1Br. The number of Topliss-reactive ketones (excluding diaryl/α,β-unsaturated/α-hetero) is 1. The Morgan fingerprint density at radius 2 is 1.87 bits per heavy atom. The molecular formula is C12H16BrNO. The van der Waals surface area contributed by atoms with Crippen molar-refractivity contribution in [1.82, 2.24) is 4.90 Å². The lowest BCUT2D eigenvalue weighted by molar-refractivity contribution is 0.0936. The number of hydrogen-bond acceptors (Lipinski definition) is 2. The molecule has 0 radical (unpaired) electrons. The van der Waals surface area contributed by atoms with Crippen LogP contribution in [0.5, 0.6) is 0 Å². The maximum Gasteiger partial charge on any atom is 0.177 e. The van der Waals surface area contributed by atoms with Crippen LogP contribution in [0.25, 0.3) is 0 Å². The van der Waals surface area contributed by atoms with Gasteiger partial charge in [-0.1, -0.05) is 48.0 Å². The molecule has 0 unspecified atom stereocenters. The minimum atomic E-state index is 0.172. The van der Waals surface area contributed by atoms with E-state index in [1.54, 1.807) is 0 Å². The van der Waals surface area contributed by atoms with Gasteiger partial charge in [-0.15, -0.1) is 0 Å². The van der Waals surface area contributed by atoms with Crippen molar-refractivity contribution in [2.75, 3.05) is 19.6 Å². The standard InChI is InChI=1S/C12H16BrNO/c1-3-14(4-2)9-12(15)10-7-5-6-8-11(10)13/h5-8H,3-4,9H2,1-2H3. The van der Waals surface area contributed by atoms with Crippen LogP contribution in [0.15, 0.2) is 28.7 Å². The maximum atomic E-state index is 11.9. The summed E-state index contributed by atoms with van der Waals surface area (Å²) in [5.74, 6) is 0.172. The van der Waals surface area contributed by atoms with Crippen LogP contribution >= 0.6 is 15.9 Å². The third kappa shape index (κ3) is 3.43. The first kappa shape index (κ1) is 12.4. The Labute approximate surface area is 99.4 Å². The van der Waals surface area contributed by atoms with Gasteiger partial charge in [0.2, 0.25) is 0 Å². The molecule has 82 valence electrons. The summed E-state index contributed by atoms with van der Waals surface area (Å²) in [4.78, 5) is 14.0. The van der Waals surface area contributed by atoms with Gasteiger partial charge in [0.1, 0.15) is 0 Å². The molecule has 0 amide bonds. The fraction of sp³-hybridized carbons (Fsp3) is 0.417. The third-order valence-electron chi connectivity index (χ3n) is 2.44. The van der Waals surface area contributed by atoms with Crippen molar-refractivity contribution in [1.29, 1.82) is 0 Å². The number of carbonyl (C=O) groups is 1. The van der Waals surface area contributed by atoms with E-state index in [4.69, 9.17) is 0 Å². The number of rotatable bonds is 5. The first-order valence-corrected chi connectivity index (χ1v) is 5.98. The van der Waals surface area contributed by atoms with E-state index in [9.17, 15) is 4.79 Å². The maximum absolute atomic E-state index is 11.9. The largest absolute Gasteiger partial charge is 0.296 e. The second-order valence-electron chi connectivity index (χ2n) is 3.36. The molecule has 3 heteroatoms. The van der Waals surface area contributed by atoms with Gasteiger partial charge in [-0.2, -0.15) is 0 Å². The number of ketones is 1. The van der Waals surface area contributed by atoms with Crippen LogP contribution in [0.2, 0.25) is 0 Å². The zero-order chi connectivity index (χ0) is 11.3. The van der Waals surface area contributed by atoms with Gasteiger partial charge in [-0.25, -0.2) is 0 Å². The Bertz CT molecular complexity index is 334. The second kappa shape index (κ2) is 6.03. The van der Waals surface area contributed by atoms with E-state index in [2.05, 4.69) is 34.7 Å². The van der Waals surface area contributed by atoms with Gasteiger partial charge in [-0.05, 0) is 19.2 Å². The number of benzene rings is 1. The van der Waals surface area contributed by atoms with Gasteiger partial charge in [-0.3, -0.25) is 9.69 Å². The average molecular weight is 270 g/mol. The summed E-state index contributed by atoms with van der Waals surface area (Å²) in [7, 11) is 0. The van der Waals surface area contributed by atoms with E-state index in [-0.39, 0.29) is 5.78 Å². The van der Waals surface area contributed by atoms with E-state index >= 15 is 0 Å². The molecule has 0 aliphatic rings. The zero-order valence-electron chi connectivity index (χ0n) is 9.16. The highest BCUT2D eigenvalue weighted by molar-refractivity contribution is 9.10. The van der Waals surface area contributed by atoms with Gasteiger partial charge in [0.05, 0.1) is 6.54 Å². The van der Waals surface area contributed by atoms with Gasteiger partial charge in [0, 0.05) is 10.0 Å². The molecule has 0 spiro atoms. The van der Waals surface area contributed by atoms with Crippen molar-refractivity contribution in [2.45, 2.75) is 13.8 Å². The number of hydrogen-bond donors (Lipinski definition) is 0. The lowest BCUT2D eigenvalue weighted by Gasteiger charge is -2.17. The van der Waals surface area contributed by atoms with E-state index in [0.717, 1.165) is 23.1 Å². The topological polar surface area (TPSA) is 20.3 Å². The monoisotopic (exact) mass is 269 g/mol. The van der Waals surface area contributed by atoms with Gasteiger partial charge < -0.3 is 0 Å². The molecule has 0 saturated carbocycles. The number of likely N-dealkylation sites (N-methyl/N-ethyl adjacent to an activating group) is 1. The molecule has 0 aromatic heterocycles. The van der Waals surface area contributed by atoms with Gasteiger partial charge in [0.25, 0.3) is 0 Å². The number of halogens is 1. The summed E-state index contributed by atoms with van der Waals surface area (Å²) < 4.78 is 0.877. The first-order chi connectivity index (χ1) is 7.19. The van der Waals surface area contributed by atoms with Crippen LogP contribution in [0, 0.1) is 0 Å². The zero-order valence-corrected chi connectivity index (χ0v) is 10.8. The first-order valence-electron chi connectivity index (χ1n) is 5.19. The average Bonchev–Trinajstić information content (AvgIpc) is 2.26. The predicted octanol–water partition coefficient (Wildman–Crippen LogP) is 2.97. The fourth-order valence-corrected chi connectivity index (χ4v) is 1.93. The predicted molar refractivity (Wildman–Crippen MR) is 66.3 cm³/mol. The highest BCUT2D eigenvalue weighted by Crippen LogP contribution is 2.16. The van der Waals surface area contributed by atoms with Crippen molar-refractivity contribution in [3.63, 3.8) is 0 Å². The molecule has 0 atom stereocenters. The Kier molecular flexibility index (Phi) is 4.99. The Balaban J connectivity index is 2.73. The minimum absolute atomic E-state index is 0.172. The highest BCUT2D eigenvalue weighted by Gasteiger charge is 2.11. The Hall–Kier alpha value is -0.670. The smallest absolute Gasteiger partial charge is 0.177 e. The van der Waals surface area contributed by atoms with Crippen molar-refractivity contribution >= 4 is 21.7 Å². The number of nitrogens with zero attached hydrogens (tertiary/aromatic N) is 1. The van der Waals surface area contributed by atoms with Crippen LogP contribution in [0.4, 0.5) is 0 Å². The van der Waals surface area contributed by atoms with Gasteiger partial charge >= 0.3 is 0 Å². The fourth-order valence-electron chi connectivity index (χ4n) is 1.42. The molecule has 15 heavy (non-hydrogen) atoms. The molecule has 0 aliphatic carbocycles. The van der Waals surface area contributed by atoms with E-state index in [1.807, 2.05) is 24.3 Å². The van der Waals surface area contributed by atoms with Crippen LogP contribution in [0.3, 0.4) is 0 Å². The van der Waals surface area contributed by atoms with Crippen molar-refractivity contribution in [3.05, 3.63) is 34.3 Å². The van der Waals surface area contributed by atoms with Crippen molar-refractivity contribution in [3.8, 4) is 0 Å². The van der Waals surface area contributed by atoms with Gasteiger partial charge in [0.15, 0.2) is 5.78 Å². The summed E-state index contributed by atoms with van der Waals surface area (Å²) in [5.41, 5.74) is 0.768. The molecule has 0 bridgehead atoms. The highest BCUT2D eigenvalue weighted by atomic mass is 79.9. The van der Waals surface area contributed by atoms with E-state index in [1.165, 1.54) is 0 Å².